The summed E-state index contributed by atoms with van der Waals surface area (Å²) >= 11 is 0. The lowest BCUT2D eigenvalue weighted by atomic mass is 10.0. The Morgan fingerprint density at radius 3 is 2.77 bits per heavy atom. The van der Waals surface area contributed by atoms with Crippen molar-refractivity contribution in [1.82, 2.24) is 20.1 Å². The SMILES string of the molecule is CN1CCC(N(Cc2ccc(F)cn2)C(=O)NCc2ccc3c(c2)CC(C)(C)O3)CC1. The quantitative estimate of drug-likeness (QED) is 0.791. The number of ether oxygens (including phenoxy) is 1. The zero-order valence-corrected chi connectivity index (χ0v) is 18.5. The summed E-state index contributed by atoms with van der Waals surface area (Å²) in [5, 5.41) is 3.08. The number of likely N-dealkylation sites (tertiary alicyclic amines) is 1. The van der Waals surface area contributed by atoms with Gasteiger partial charge in [-0.3, -0.25) is 4.98 Å². The van der Waals surface area contributed by atoms with Gasteiger partial charge in [-0.15, -0.1) is 0 Å². The lowest BCUT2D eigenvalue weighted by Crippen LogP contribution is -2.49. The van der Waals surface area contributed by atoms with Crippen molar-refractivity contribution in [3.8, 4) is 5.75 Å². The summed E-state index contributed by atoms with van der Waals surface area (Å²) in [7, 11) is 2.10. The maximum Gasteiger partial charge on any atom is 0.318 e. The molecular formula is C24H31FN4O2. The zero-order chi connectivity index (χ0) is 22.0. The first-order valence-electron chi connectivity index (χ1n) is 10.9. The lowest BCUT2D eigenvalue weighted by Gasteiger charge is -2.37. The molecule has 6 nitrogen and oxygen atoms in total. The Morgan fingerprint density at radius 2 is 2.06 bits per heavy atom. The summed E-state index contributed by atoms with van der Waals surface area (Å²) in [6.45, 7) is 6.88. The topological polar surface area (TPSA) is 57.7 Å². The smallest absolute Gasteiger partial charge is 0.318 e. The summed E-state index contributed by atoms with van der Waals surface area (Å²) in [6.07, 6.45) is 3.89. The Hall–Kier alpha value is -2.67. The number of piperidine rings is 1. The number of amides is 2. The molecule has 2 aromatic rings. The highest BCUT2D eigenvalue weighted by Crippen LogP contribution is 2.35. The van der Waals surface area contributed by atoms with Crippen LogP contribution in [0, 0.1) is 5.82 Å². The van der Waals surface area contributed by atoms with Gasteiger partial charge in [0.15, 0.2) is 0 Å². The first-order valence-corrected chi connectivity index (χ1v) is 10.9. The first kappa shape index (κ1) is 21.6. The number of benzene rings is 1. The van der Waals surface area contributed by atoms with Crippen molar-refractivity contribution in [2.75, 3.05) is 20.1 Å². The normalized spacial score (nSPS) is 18.3. The van der Waals surface area contributed by atoms with Crippen molar-refractivity contribution < 1.29 is 13.9 Å². The highest BCUT2D eigenvalue weighted by Gasteiger charge is 2.30. The summed E-state index contributed by atoms with van der Waals surface area (Å²) in [4.78, 5) is 21.5. The van der Waals surface area contributed by atoms with E-state index in [4.69, 9.17) is 4.74 Å². The largest absolute Gasteiger partial charge is 0.487 e. The Morgan fingerprint density at radius 1 is 1.29 bits per heavy atom. The molecule has 1 fully saturated rings. The number of nitrogens with zero attached hydrogens (tertiary/aromatic N) is 3. The van der Waals surface area contributed by atoms with Crippen LogP contribution in [0.4, 0.5) is 9.18 Å². The van der Waals surface area contributed by atoms with Crippen molar-refractivity contribution in [2.24, 2.45) is 0 Å². The van der Waals surface area contributed by atoms with Gasteiger partial charge < -0.3 is 19.9 Å². The second-order valence-corrected chi connectivity index (χ2v) is 9.27. The molecule has 0 bridgehead atoms. The van der Waals surface area contributed by atoms with Crippen molar-refractivity contribution in [3.05, 3.63) is 59.2 Å². The molecule has 0 atom stereocenters. The van der Waals surface area contributed by atoms with Crippen LogP contribution in [0.2, 0.25) is 0 Å². The number of pyridine rings is 1. The molecule has 2 amide bonds. The minimum absolute atomic E-state index is 0.113. The molecule has 3 heterocycles. The van der Waals surface area contributed by atoms with Crippen LogP contribution in [0.25, 0.3) is 0 Å². The number of fused-ring (bicyclic) bond motifs is 1. The summed E-state index contributed by atoms with van der Waals surface area (Å²) in [5.41, 5.74) is 2.74. The third kappa shape index (κ3) is 5.34. The maximum absolute atomic E-state index is 13.3. The molecule has 0 spiro atoms. The Balaban J connectivity index is 1.43. The standard InChI is InChI=1S/C24H31FN4O2/c1-24(2)13-18-12-17(4-7-22(18)31-24)14-27-23(30)29(21-8-10-28(3)11-9-21)16-20-6-5-19(25)15-26-20/h4-7,12,15,21H,8-11,13-14,16H2,1-3H3,(H,27,30). The lowest BCUT2D eigenvalue weighted by molar-refractivity contribution is 0.126. The molecule has 1 N–H and O–H groups in total. The van der Waals surface area contributed by atoms with E-state index < -0.39 is 0 Å². The second kappa shape index (κ2) is 8.83. The van der Waals surface area contributed by atoms with Crippen LogP contribution in [-0.2, 0) is 19.5 Å². The molecule has 166 valence electrons. The van der Waals surface area contributed by atoms with Gasteiger partial charge in [-0.2, -0.15) is 0 Å². The molecule has 0 aliphatic carbocycles. The van der Waals surface area contributed by atoms with Gasteiger partial charge in [0.05, 0.1) is 18.4 Å². The number of hydrogen-bond acceptors (Lipinski definition) is 4. The minimum Gasteiger partial charge on any atom is -0.487 e. The number of rotatable bonds is 5. The van der Waals surface area contributed by atoms with E-state index in [1.54, 1.807) is 6.07 Å². The van der Waals surface area contributed by atoms with E-state index in [-0.39, 0.29) is 23.5 Å². The van der Waals surface area contributed by atoms with Gasteiger partial charge in [0, 0.05) is 19.0 Å². The third-order valence-corrected chi connectivity index (χ3v) is 6.08. The molecule has 1 aromatic heterocycles. The molecule has 2 aliphatic heterocycles. The average Bonchev–Trinajstić information content (AvgIpc) is 3.05. The number of urea groups is 1. The van der Waals surface area contributed by atoms with Gasteiger partial charge in [-0.1, -0.05) is 12.1 Å². The van der Waals surface area contributed by atoms with Crippen molar-refractivity contribution >= 4 is 6.03 Å². The van der Waals surface area contributed by atoms with E-state index in [0.717, 1.165) is 43.7 Å². The predicted octanol–water partition coefficient (Wildman–Crippen LogP) is 3.74. The van der Waals surface area contributed by atoms with Gasteiger partial charge >= 0.3 is 6.03 Å². The number of nitrogens with one attached hydrogen (secondary N) is 1. The summed E-state index contributed by atoms with van der Waals surface area (Å²) < 4.78 is 19.2. The number of halogens is 1. The van der Waals surface area contributed by atoms with E-state index in [2.05, 4.69) is 42.2 Å². The first-order chi connectivity index (χ1) is 14.8. The minimum atomic E-state index is -0.372. The maximum atomic E-state index is 13.3. The van der Waals surface area contributed by atoms with Gasteiger partial charge in [-0.05, 0) is 76.2 Å². The molecule has 2 aliphatic rings. The molecule has 1 aromatic carbocycles. The van der Waals surface area contributed by atoms with E-state index in [9.17, 15) is 9.18 Å². The summed E-state index contributed by atoms with van der Waals surface area (Å²) in [5.74, 6) is 0.554. The van der Waals surface area contributed by atoms with Crippen molar-refractivity contribution in [2.45, 2.75) is 57.8 Å². The van der Waals surface area contributed by atoms with Crippen LogP contribution < -0.4 is 10.1 Å². The predicted molar refractivity (Wildman–Crippen MR) is 117 cm³/mol. The highest BCUT2D eigenvalue weighted by molar-refractivity contribution is 5.74. The monoisotopic (exact) mass is 426 g/mol. The highest BCUT2D eigenvalue weighted by atomic mass is 19.1. The van der Waals surface area contributed by atoms with Crippen LogP contribution in [-0.4, -0.2) is 52.6 Å². The molecule has 31 heavy (non-hydrogen) atoms. The molecule has 1 saturated heterocycles. The van der Waals surface area contributed by atoms with Crippen molar-refractivity contribution in [3.63, 3.8) is 0 Å². The van der Waals surface area contributed by atoms with E-state index in [1.165, 1.54) is 17.8 Å². The third-order valence-electron chi connectivity index (χ3n) is 6.08. The van der Waals surface area contributed by atoms with Gasteiger partial charge in [0.25, 0.3) is 0 Å². The van der Waals surface area contributed by atoms with Gasteiger partial charge in [-0.25, -0.2) is 9.18 Å². The summed E-state index contributed by atoms with van der Waals surface area (Å²) in [6, 6.07) is 9.17. The Bertz CT molecular complexity index is 924. The fourth-order valence-electron chi connectivity index (χ4n) is 4.40. The Labute approximate surface area is 183 Å². The fraction of sp³-hybridized carbons (Fsp3) is 0.500. The average molecular weight is 427 g/mol. The number of hydrogen-bond donors (Lipinski definition) is 1. The zero-order valence-electron chi connectivity index (χ0n) is 18.5. The van der Waals surface area contributed by atoms with Gasteiger partial charge in [0.1, 0.15) is 17.2 Å². The number of carbonyl (C=O) groups excluding carboxylic acids is 1. The van der Waals surface area contributed by atoms with E-state index in [1.807, 2.05) is 17.0 Å². The second-order valence-electron chi connectivity index (χ2n) is 9.27. The molecular weight excluding hydrogens is 395 g/mol. The van der Waals surface area contributed by atoms with Crippen LogP contribution in [0.3, 0.4) is 0 Å². The molecule has 0 radical (unpaired) electrons. The molecule has 0 saturated carbocycles. The molecule has 0 unspecified atom stereocenters. The Kier molecular flexibility index (Phi) is 6.14. The molecule has 4 rings (SSSR count). The number of aromatic nitrogens is 1. The molecule has 7 heteroatoms. The number of carbonyl (C=O) groups is 1. The van der Waals surface area contributed by atoms with Crippen LogP contribution in [0.1, 0.15) is 43.5 Å². The van der Waals surface area contributed by atoms with Gasteiger partial charge in [0.2, 0.25) is 0 Å². The van der Waals surface area contributed by atoms with E-state index >= 15 is 0 Å². The van der Waals surface area contributed by atoms with Crippen LogP contribution in [0.15, 0.2) is 36.5 Å². The van der Waals surface area contributed by atoms with E-state index in [0.29, 0.717) is 18.8 Å². The fourth-order valence-corrected chi connectivity index (χ4v) is 4.40. The van der Waals surface area contributed by atoms with Crippen LogP contribution >= 0.6 is 0 Å². The van der Waals surface area contributed by atoms with Crippen molar-refractivity contribution in [1.29, 1.82) is 0 Å². The van der Waals surface area contributed by atoms with Crippen LogP contribution in [0.5, 0.6) is 5.75 Å².